The molecule has 1 amide bonds. The summed E-state index contributed by atoms with van der Waals surface area (Å²) in [5, 5.41) is 2.97. The number of carbonyl (C=O) groups excluding carboxylic acids is 1. The number of hydrogen-bond acceptors (Lipinski definition) is 5. The maximum absolute atomic E-state index is 14.3. The molecule has 0 aliphatic carbocycles. The Morgan fingerprint density at radius 1 is 1.38 bits per heavy atom. The van der Waals surface area contributed by atoms with Crippen LogP contribution in [-0.4, -0.2) is 49.3 Å². The first kappa shape index (κ1) is 18.2. The van der Waals surface area contributed by atoms with E-state index in [0.717, 1.165) is 0 Å². The summed E-state index contributed by atoms with van der Waals surface area (Å²) in [4.78, 5) is 15.8. The van der Waals surface area contributed by atoms with Gasteiger partial charge in [-0.25, -0.2) is 9.18 Å². The first-order chi connectivity index (χ1) is 11.1. The summed E-state index contributed by atoms with van der Waals surface area (Å²) in [5.74, 6) is -0.357. The Kier molecular flexibility index (Phi) is 5.11. The van der Waals surface area contributed by atoms with E-state index in [0.29, 0.717) is 36.7 Å². The Balaban J connectivity index is 2.13. The van der Waals surface area contributed by atoms with Crippen LogP contribution < -0.4 is 16.0 Å². The van der Waals surface area contributed by atoms with E-state index in [9.17, 15) is 9.18 Å². The highest BCUT2D eigenvalue weighted by Crippen LogP contribution is 2.31. The van der Waals surface area contributed by atoms with Crippen LogP contribution in [0.2, 0.25) is 0 Å². The first-order valence-corrected chi connectivity index (χ1v) is 8.13. The summed E-state index contributed by atoms with van der Waals surface area (Å²) >= 11 is 0. The molecule has 1 aliphatic rings. The van der Waals surface area contributed by atoms with Gasteiger partial charge in [-0.05, 0) is 33.8 Å². The normalized spacial score (nSPS) is 18.5. The van der Waals surface area contributed by atoms with Crippen molar-refractivity contribution in [3.05, 3.63) is 17.9 Å². The molecule has 0 bridgehead atoms. The molecule has 2 rings (SSSR count). The van der Waals surface area contributed by atoms with Gasteiger partial charge in [0.2, 0.25) is 0 Å². The third-order valence-corrected chi connectivity index (χ3v) is 3.98. The van der Waals surface area contributed by atoms with Gasteiger partial charge in [0.05, 0.1) is 17.1 Å². The van der Waals surface area contributed by atoms with E-state index in [4.69, 9.17) is 10.5 Å². The highest BCUT2D eigenvalue weighted by Gasteiger charge is 2.31. The molecular weight excluding hydrogens is 311 g/mol. The van der Waals surface area contributed by atoms with Crippen LogP contribution in [0.3, 0.4) is 0 Å². The maximum Gasteiger partial charge on any atom is 0.410 e. The van der Waals surface area contributed by atoms with Crippen molar-refractivity contribution in [2.45, 2.75) is 39.3 Å². The van der Waals surface area contributed by atoms with Crippen molar-refractivity contribution in [2.75, 3.05) is 42.6 Å². The lowest BCUT2D eigenvalue weighted by Crippen LogP contribution is -2.54. The van der Waals surface area contributed by atoms with Crippen molar-refractivity contribution >= 4 is 23.2 Å². The van der Waals surface area contributed by atoms with Crippen molar-refractivity contribution in [1.82, 2.24) is 4.90 Å². The minimum atomic E-state index is -0.526. The molecule has 1 fully saturated rings. The number of ether oxygens (including phenoxy) is 1. The van der Waals surface area contributed by atoms with Crippen molar-refractivity contribution in [1.29, 1.82) is 0 Å². The van der Waals surface area contributed by atoms with Crippen LogP contribution in [0, 0.1) is 5.82 Å². The molecule has 1 aromatic rings. The summed E-state index contributed by atoms with van der Waals surface area (Å²) in [5.41, 5.74) is 6.82. The van der Waals surface area contributed by atoms with Crippen LogP contribution in [0.1, 0.15) is 27.7 Å². The van der Waals surface area contributed by atoms with Crippen LogP contribution in [0.15, 0.2) is 12.1 Å². The van der Waals surface area contributed by atoms with Crippen LogP contribution in [0.25, 0.3) is 0 Å². The van der Waals surface area contributed by atoms with E-state index in [1.807, 2.05) is 32.6 Å². The molecule has 0 spiro atoms. The number of nitrogens with two attached hydrogens (primary N) is 1. The molecule has 1 aromatic carbocycles. The van der Waals surface area contributed by atoms with E-state index in [1.54, 1.807) is 18.0 Å². The number of nitrogens with one attached hydrogen (secondary N) is 1. The summed E-state index contributed by atoms with van der Waals surface area (Å²) in [6, 6.07) is 3.01. The van der Waals surface area contributed by atoms with Gasteiger partial charge >= 0.3 is 6.09 Å². The van der Waals surface area contributed by atoms with Crippen LogP contribution in [-0.2, 0) is 4.74 Å². The van der Waals surface area contributed by atoms with Gasteiger partial charge in [-0.2, -0.15) is 0 Å². The standard InChI is InChI=1S/C17H27FN4O2/c1-11-10-21(16(23)24-17(2,3)4)6-7-22(11)15-9-14(20-5)13(19)8-12(15)18/h8-9,11,20H,6-7,10,19H2,1-5H3/t11-/m1/s1. The third kappa shape index (κ3) is 4.01. The van der Waals surface area contributed by atoms with E-state index < -0.39 is 5.60 Å². The Hall–Kier alpha value is -2.18. The van der Waals surface area contributed by atoms with E-state index in [1.165, 1.54) is 6.07 Å². The SMILES string of the molecule is CNc1cc(N2CCN(C(=O)OC(C)(C)C)C[C@H]2C)c(F)cc1N. The zero-order chi connectivity index (χ0) is 18.1. The van der Waals surface area contributed by atoms with E-state index in [-0.39, 0.29) is 18.0 Å². The fraction of sp³-hybridized carbons (Fsp3) is 0.588. The minimum Gasteiger partial charge on any atom is -0.444 e. The zero-order valence-electron chi connectivity index (χ0n) is 15.0. The average Bonchev–Trinajstić information content (AvgIpc) is 2.46. The lowest BCUT2D eigenvalue weighted by atomic mass is 10.1. The number of nitrogens with zero attached hydrogens (tertiary/aromatic N) is 2. The smallest absolute Gasteiger partial charge is 0.410 e. The molecule has 1 aliphatic heterocycles. The fourth-order valence-electron chi connectivity index (χ4n) is 2.82. The summed E-state index contributed by atoms with van der Waals surface area (Å²) in [7, 11) is 1.75. The predicted molar refractivity (Wildman–Crippen MR) is 95.0 cm³/mol. The van der Waals surface area contributed by atoms with Crippen LogP contribution >= 0.6 is 0 Å². The molecule has 6 nitrogen and oxygen atoms in total. The second-order valence-electron chi connectivity index (χ2n) is 7.11. The number of rotatable bonds is 2. The number of hydrogen-bond donors (Lipinski definition) is 2. The summed E-state index contributed by atoms with van der Waals surface area (Å²) in [6.07, 6.45) is -0.331. The van der Waals surface area contributed by atoms with Gasteiger partial charge in [0.1, 0.15) is 11.4 Å². The number of nitrogen functional groups attached to an aromatic ring is 1. The lowest BCUT2D eigenvalue weighted by molar-refractivity contribution is 0.0218. The fourth-order valence-corrected chi connectivity index (χ4v) is 2.82. The van der Waals surface area contributed by atoms with E-state index in [2.05, 4.69) is 5.32 Å². The van der Waals surface area contributed by atoms with Crippen molar-refractivity contribution in [3.8, 4) is 0 Å². The molecule has 3 N–H and O–H groups in total. The summed E-state index contributed by atoms with van der Waals surface area (Å²) < 4.78 is 19.8. The first-order valence-electron chi connectivity index (χ1n) is 8.13. The number of carbonyl (C=O) groups is 1. The van der Waals surface area contributed by atoms with Crippen molar-refractivity contribution in [3.63, 3.8) is 0 Å². The van der Waals surface area contributed by atoms with Crippen molar-refractivity contribution in [2.24, 2.45) is 0 Å². The maximum atomic E-state index is 14.3. The molecule has 0 unspecified atom stereocenters. The van der Waals surface area contributed by atoms with Gasteiger partial charge in [-0.15, -0.1) is 0 Å². The van der Waals surface area contributed by atoms with Gasteiger partial charge < -0.3 is 25.6 Å². The second kappa shape index (κ2) is 6.75. The zero-order valence-corrected chi connectivity index (χ0v) is 15.0. The topological polar surface area (TPSA) is 70.8 Å². The minimum absolute atomic E-state index is 0.0332. The second-order valence-corrected chi connectivity index (χ2v) is 7.11. The number of amides is 1. The van der Waals surface area contributed by atoms with Crippen LogP contribution in [0.5, 0.6) is 0 Å². The number of halogens is 1. The third-order valence-electron chi connectivity index (χ3n) is 3.98. The quantitative estimate of drug-likeness (QED) is 0.812. The molecule has 134 valence electrons. The predicted octanol–water partition coefficient (Wildman–Crippen LogP) is 2.90. The molecule has 7 heteroatoms. The number of benzene rings is 1. The Morgan fingerprint density at radius 3 is 2.58 bits per heavy atom. The molecule has 1 heterocycles. The molecular formula is C17H27FN4O2. The Bertz CT molecular complexity index is 615. The van der Waals surface area contributed by atoms with Gasteiger partial charge in [-0.1, -0.05) is 0 Å². The number of anilines is 3. The Morgan fingerprint density at radius 2 is 2.04 bits per heavy atom. The van der Waals surface area contributed by atoms with Gasteiger partial charge in [0.25, 0.3) is 0 Å². The lowest BCUT2D eigenvalue weighted by Gasteiger charge is -2.41. The molecule has 1 atom stereocenters. The monoisotopic (exact) mass is 338 g/mol. The molecule has 1 saturated heterocycles. The highest BCUT2D eigenvalue weighted by molar-refractivity contribution is 5.73. The highest BCUT2D eigenvalue weighted by atomic mass is 19.1. The average molecular weight is 338 g/mol. The number of piperazine rings is 1. The molecule has 0 saturated carbocycles. The largest absolute Gasteiger partial charge is 0.444 e. The van der Waals surface area contributed by atoms with E-state index >= 15 is 0 Å². The molecule has 24 heavy (non-hydrogen) atoms. The Labute approximate surface area is 142 Å². The molecule has 0 radical (unpaired) electrons. The summed E-state index contributed by atoms with van der Waals surface area (Å²) in [6.45, 7) is 8.98. The van der Waals surface area contributed by atoms with Crippen LogP contribution in [0.4, 0.5) is 26.2 Å². The van der Waals surface area contributed by atoms with Gasteiger partial charge in [0, 0.05) is 38.8 Å². The van der Waals surface area contributed by atoms with Crippen molar-refractivity contribution < 1.29 is 13.9 Å². The van der Waals surface area contributed by atoms with Gasteiger partial charge in [0.15, 0.2) is 0 Å². The molecule has 0 aromatic heterocycles. The van der Waals surface area contributed by atoms with Gasteiger partial charge in [-0.3, -0.25) is 0 Å².